The van der Waals surface area contributed by atoms with E-state index in [1.807, 2.05) is 23.1 Å². The van der Waals surface area contributed by atoms with E-state index in [1.54, 1.807) is 30.5 Å². The highest BCUT2D eigenvalue weighted by Crippen LogP contribution is 2.21. The first-order chi connectivity index (χ1) is 13.6. The number of nitrogens with zero attached hydrogens (tertiary/aromatic N) is 3. The van der Waals surface area contributed by atoms with Crippen LogP contribution in [0.5, 0.6) is 0 Å². The van der Waals surface area contributed by atoms with Crippen molar-refractivity contribution in [1.29, 1.82) is 0 Å². The summed E-state index contributed by atoms with van der Waals surface area (Å²) in [7, 11) is 0. The Morgan fingerprint density at radius 1 is 0.893 bits per heavy atom. The van der Waals surface area contributed by atoms with Gasteiger partial charge in [-0.2, -0.15) is 0 Å². The number of aromatic nitrogens is 1. The topological polar surface area (TPSA) is 70.6 Å². The summed E-state index contributed by atoms with van der Waals surface area (Å²) >= 11 is 0. The quantitative estimate of drug-likeness (QED) is 0.771. The standard InChI is InChI=1S/C22H19N3O3/c26-18-8-9-20(27)19(15-18)16-4-6-17(7-5-16)22(28)25-13-11-24(12-14-25)21-3-1-2-10-23-21/h1-10,15H,11-14H2. The van der Waals surface area contributed by atoms with Crippen LogP contribution in [0.25, 0.3) is 5.57 Å². The number of benzene rings is 1. The minimum Gasteiger partial charge on any atom is -0.353 e. The summed E-state index contributed by atoms with van der Waals surface area (Å²) in [5, 5.41) is 0. The van der Waals surface area contributed by atoms with Crippen LogP contribution >= 0.6 is 0 Å². The van der Waals surface area contributed by atoms with Gasteiger partial charge in [0.15, 0.2) is 11.6 Å². The number of carbonyl (C=O) groups excluding carboxylic acids is 3. The number of pyridine rings is 1. The van der Waals surface area contributed by atoms with Crippen LogP contribution in [0.4, 0.5) is 5.82 Å². The molecule has 28 heavy (non-hydrogen) atoms. The monoisotopic (exact) mass is 373 g/mol. The molecule has 1 amide bonds. The minimum absolute atomic E-state index is 0.0351. The Hall–Kier alpha value is -3.54. The van der Waals surface area contributed by atoms with Gasteiger partial charge >= 0.3 is 0 Å². The van der Waals surface area contributed by atoms with E-state index in [0.29, 0.717) is 29.8 Å². The molecule has 1 aromatic heterocycles. The number of anilines is 1. The van der Waals surface area contributed by atoms with Gasteiger partial charge in [0, 0.05) is 43.5 Å². The molecule has 6 nitrogen and oxygen atoms in total. The van der Waals surface area contributed by atoms with E-state index >= 15 is 0 Å². The van der Waals surface area contributed by atoms with Crippen molar-refractivity contribution in [3.8, 4) is 0 Å². The number of hydrogen-bond acceptors (Lipinski definition) is 5. The molecule has 1 aliphatic heterocycles. The zero-order chi connectivity index (χ0) is 19.5. The van der Waals surface area contributed by atoms with Crippen LogP contribution in [0.15, 0.2) is 66.9 Å². The fourth-order valence-electron chi connectivity index (χ4n) is 3.39. The zero-order valence-electron chi connectivity index (χ0n) is 15.2. The molecule has 0 saturated carbocycles. The van der Waals surface area contributed by atoms with Crippen molar-refractivity contribution >= 4 is 28.9 Å². The molecule has 6 heteroatoms. The summed E-state index contributed by atoms with van der Waals surface area (Å²) in [4.78, 5) is 44.6. The van der Waals surface area contributed by atoms with Gasteiger partial charge in [-0.1, -0.05) is 18.2 Å². The summed E-state index contributed by atoms with van der Waals surface area (Å²) in [6.45, 7) is 2.72. The van der Waals surface area contributed by atoms with Crippen LogP contribution in [-0.4, -0.2) is 53.5 Å². The van der Waals surface area contributed by atoms with Gasteiger partial charge in [0.25, 0.3) is 5.91 Å². The van der Waals surface area contributed by atoms with Crippen molar-refractivity contribution in [3.63, 3.8) is 0 Å². The predicted octanol–water partition coefficient (Wildman–Crippen LogP) is 2.14. The molecular formula is C22H19N3O3. The molecule has 0 unspecified atom stereocenters. The molecule has 0 bridgehead atoms. The Morgan fingerprint density at radius 3 is 2.32 bits per heavy atom. The van der Waals surface area contributed by atoms with Gasteiger partial charge in [0.05, 0.1) is 0 Å². The van der Waals surface area contributed by atoms with E-state index in [0.717, 1.165) is 18.9 Å². The van der Waals surface area contributed by atoms with Gasteiger partial charge < -0.3 is 9.80 Å². The summed E-state index contributed by atoms with van der Waals surface area (Å²) in [5.74, 6) is 0.477. The molecule has 1 saturated heterocycles. The molecule has 2 aromatic rings. The highest BCUT2D eigenvalue weighted by atomic mass is 16.2. The van der Waals surface area contributed by atoms with E-state index in [2.05, 4.69) is 9.88 Å². The molecule has 2 aliphatic rings. The van der Waals surface area contributed by atoms with Crippen molar-refractivity contribution in [2.45, 2.75) is 0 Å². The van der Waals surface area contributed by atoms with Crippen LogP contribution in [-0.2, 0) is 9.59 Å². The fraction of sp³-hybridized carbons (Fsp3) is 0.182. The molecule has 1 fully saturated rings. The number of carbonyl (C=O) groups is 3. The van der Waals surface area contributed by atoms with E-state index < -0.39 is 0 Å². The molecule has 0 atom stereocenters. The van der Waals surface area contributed by atoms with Gasteiger partial charge in [0.2, 0.25) is 0 Å². The molecule has 140 valence electrons. The first kappa shape index (κ1) is 17.9. The summed E-state index contributed by atoms with van der Waals surface area (Å²) in [6, 6.07) is 12.7. The molecule has 0 radical (unpaired) electrons. The van der Waals surface area contributed by atoms with E-state index in [-0.39, 0.29) is 17.5 Å². The Morgan fingerprint density at radius 2 is 1.64 bits per heavy atom. The van der Waals surface area contributed by atoms with E-state index in [9.17, 15) is 14.4 Å². The van der Waals surface area contributed by atoms with Crippen LogP contribution in [0, 0.1) is 0 Å². The van der Waals surface area contributed by atoms with Gasteiger partial charge in [-0.25, -0.2) is 4.98 Å². The molecule has 1 aliphatic carbocycles. The molecular weight excluding hydrogens is 354 g/mol. The lowest BCUT2D eigenvalue weighted by Gasteiger charge is -2.35. The summed E-state index contributed by atoms with van der Waals surface area (Å²) < 4.78 is 0. The number of piperazine rings is 1. The van der Waals surface area contributed by atoms with Gasteiger partial charge in [-0.05, 0) is 48.1 Å². The second kappa shape index (κ2) is 7.60. The molecule has 4 rings (SSSR count). The number of hydrogen-bond donors (Lipinski definition) is 0. The predicted molar refractivity (Wildman–Crippen MR) is 106 cm³/mol. The summed E-state index contributed by atoms with van der Waals surface area (Å²) in [5.41, 5.74) is 1.57. The Balaban J connectivity index is 1.42. The van der Waals surface area contributed by atoms with Crippen LogP contribution < -0.4 is 4.90 Å². The Bertz CT molecular complexity index is 970. The second-order valence-electron chi connectivity index (χ2n) is 6.70. The largest absolute Gasteiger partial charge is 0.353 e. The smallest absolute Gasteiger partial charge is 0.253 e. The van der Waals surface area contributed by atoms with Crippen LogP contribution in [0.2, 0.25) is 0 Å². The number of ketones is 2. The lowest BCUT2D eigenvalue weighted by Crippen LogP contribution is -2.49. The lowest BCUT2D eigenvalue weighted by molar-refractivity contribution is -0.113. The van der Waals surface area contributed by atoms with Crippen LogP contribution in [0.3, 0.4) is 0 Å². The highest BCUT2D eigenvalue weighted by molar-refractivity contribution is 6.33. The number of rotatable bonds is 3. The van der Waals surface area contributed by atoms with Crippen molar-refractivity contribution in [2.24, 2.45) is 0 Å². The average molecular weight is 373 g/mol. The van der Waals surface area contributed by atoms with Crippen LogP contribution in [0.1, 0.15) is 15.9 Å². The third-order valence-electron chi connectivity index (χ3n) is 4.93. The highest BCUT2D eigenvalue weighted by Gasteiger charge is 2.23. The van der Waals surface area contributed by atoms with Gasteiger partial charge in [-0.15, -0.1) is 0 Å². The van der Waals surface area contributed by atoms with E-state index in [4.69, 9.17) is 0 Å². The molecule has 0 N–H and O–H groups in total. The maximum absolute atomic E-state index is 12.8. The zero-order valence-corrected chi connectivity index (χ0v) is 15.2. The average Bonchev–Trinajstić information content (AvgIpc) is 2.76. The molecule has 2 heterocycles. The van der Waals surface area contributed by atoms with Crippen molar-refractivity contribution < 1.29 is 14.4 Å². The minimum atomic E-state index is -0.208. The normalized spacial score (nSPS) is 16.9. The first-order valence-corrected chi connectivity index (χ1v) is 9.15. The third-order valence-corrected chi connectivity index (χ3v) is 4.93. The van der Waals surface area contributed by atoms with Gasteiger partial charge in [-0.3, -0.25) is 14.4 Å². The molecule has 0 spiro atoms. The maximum atomic E-state index is 12.8. The van der Waals surface area contributed by atoms with E-state index in [1.165, 1.54) is 18.2 Å². The lowest BCUT2D eigenvalue weighted by atomic mass is 9.95. The number of allylic oxidation sites excluding steroid dienone is 4. The second-order valence-corrected chi connectivity index (χ2v) is 6.70. The first-order valence-electron chi connectivity index (χ1n) is 9.15. The summed E-state index contributed by atoms with van der Waals surface area (Å²) in [6.07, 6.45) is 5.63. The van der Waals surface area contributed by atoms with Gasteiger partial charge in [0.1, 0.15) is 5.82 Å². The maximum Gasteiger partial charge on any atom is 0.253 e. The Labute approximate surface area is 162 Å². The Kier molecular flexibility index (Phi) is 4.85. The third kappa shape index (κ3) is 3.62. The SMILES string of the molecule is O=C1C=CC(=O)C(c2ccc(C(=O)N3CCN(c4ccccn4)CC3)cc2)=C1. The fourth-order valence-corrected chi connectivity index (χ4v) is 3.39. The number of amides is 1. The van der Waals surface area contributed by atoms with Crippen molar-refractivity contribution in [3.05, 3.63) is 78.0 Å². The van der Waals surface area contributed by atoms with Crippen molar-refractivity contribution in [1.82, 2.24) is 9.88 Å². The van der Waals surface area contributed by atoms with Crippen molar-refractivity contribution in [2.75, 3.05) is 31.1 Å². The molecule has 1 aromatic carbocycles.